The largest absolute Gasteiger partial charge is 0.416 e. The second kappa shape index (κ2) is 8.41. The van der Waals surface area contributed by atoms with E-state index in [4.69, 9.17) is 0 Å². The molecule has 0 saturated carbocycles. The van der Waals surface area contributed by atoms with Gasteiger partial charge >= 0.3 is 6.18 Å². The Morgan fingerprint density at radius 1 is 1.00 bits per heavy atom. The number of rotatable bonds is 6. The monoisotopic (exact) mass is 355 g/mol. The Morgan fingerprint density at radius 2 is 1.80 bits per heavy atom. The number of alkyl halides is 3. The maximum Gasteiger partial charge on any atom is 0.416 e. The van der Waals surface area contributed by atoms with Crippen LogP contribution in [-0.2, 0) is 6.18 Å². The summed E-state index contributed by atoms with van der Waals surface area (Å²) in [7, 11) is 0. The third-order valence-electron chi connectivity index (χ3n) is 5.36. The molecule has 25 heavy (non-hydrogen) atoms. The quantitative estimate of drug-likeness (QED) is 0.776. The van der Waals surface area contributed by atoms with Gasteiger partial charge in [-0.2, -0.15) is 13.2 Å². The van der Waals surface area contributed by atoms with Crippen molar-refractivity contribution in [3.8, 4) is 0 Å². The average Bonchev–Trinajstić information content (AvgIpc) is 2.61. The van der Waals surface area contributed by atoms with Crippen LogP contribution >= 0.6 is 0 Å². The first kappa shape index (κ1) is 18.5. The molecule has 1 aromatic rings. The molecular formula is C19H28F3N3. The van der Waals surface area contributed by atoms with E-state index < -0.39 is 11.7 Å². The Kier molecular flexibility index (Phi) is 6.23. The minimum atomic E-state index is -4.26. The van der Waals surface area contributed by atoms with Crippen molar-refractivity contribution in [1.82, 2.24) is 9.80 Å². The normalized spacial score (nSPS) is 22.6. The number of nitrogens with one attached hydrogen (secondary N) is 1. The summed E-state index contributed by atoms with van der Waals surface area (Å²) in [6.45, 7) is 6.77. The SMILES string of the molecule is FC(F)(F)c1ccc(NCCCCN2CCN3CCCCC3C2)cc1. The molecule has 2 aliphatic heterocycles. The molecule has 1 atom stereocenters. The molecule has 0 amide bonds. The Morgan fingerprint density at radius 3 is 2.56 bits per heavy atom. The van der Waals surface area contributed by atoms with Crippen molar-refractivity contribution in [2.75, 3.05) is 44.6 Å². The number of hydrogen-bond acceptors (Lipinski definition) is 3. The highest BCUT2D eigenvalue weighted by Crippen LogP contribution is 2.29. The van der Waals surface area contributed by atoms with Gasteiger partial charge in [0.2, 0.25) is 0 Å². The van der Waals surface area contributed by atoms with E-state index in [1.54, 1.807) is 0 Å². The maximum atomic E-state index is 12.5. The van der Waals surface area contributed by atoms with Gasteiger partial charge in [0.25, 0.3) is 0 Å². The number of benzene rings is 1. The van der Waals surface area contributed by atoms with Gasteiger partial charge in [0.1, 0.15) is 0 Å². The molecule has 0 spiro atoms. The lowest BCUT2D eigenvalue weighted by atomic mass is 9.99. The van der Waals surface area contributed by atoms with E-state index in [-0.39, 0.29) is 0 Å². The minimum Gasteiger partial charge on any atom is -0.385 e. The smallest absolute Gasteiger partial charge is 0.385 e. The van der Waals surface area contributed by atoms with Crippen molar-refractivity contribution < 1.29 is 13.2 Å². The van der Waals surface area contributed by atoms with Crippen molar-refractivity contribution in [2.24, 2.45) is 0 Å². The van der Waals surface area contributed by atoms with Crippen LogP contribution in [0.15, 0.2) is 24.3 Å². The van der Waals surface area contributed by atoms with Gasteiger partial charge in [0.15, 0.2) is 0 Å². The summed E-state index contributed by atoms with van der Waals surface area (Å²) in [6.07, 6.45) is 1.96. The van der Waals surface area contributed by atoms with E-state index >= 15 is 0 Å². The first-order valence-corrected chi connectivity index (χ1v) is 9.40. The van der Waals surface area contributed by atoms with Crippen LogP contribution in [0.25, 0.3) is 0 Å². The zero-order valence-corrected chi connectivity index (χ0v) is 14.7. The molecule has 2 heterocycles. The molecule has 3 rings (SSSR count). The first-order valence-electron chi connectivity index (χ1n) is 9.40. The summed E-state index contributed by atoms with van der Waals surface area (Å²) in [5.74, 6) is 0. The molecule has 2 fully saturated rings. The highest BCUT2D eigenvalue weighted by atomic mass is 19.4. The predicted octanol–water partition coefficient (Wildman–Crippen LogP) is 4.07. The van der Waals surface area contributed by atoms with E-state index in [9.17, 15) is 13.2 Å². The maximum absolute atomic E-state index is 12.5. The Labute approximate surface area is 148 Å². The van der Waals surface area contributed by atoms with Crippen LogP contribution in [0.2, 0.25) is 0 Å². The zero-order valence-electron chi connectivity index (χ0n) is 14.7. The molecule has 0 bridgehead atoms. The first-order chi connectivity index (χ1) is 12.0. The zero-order chi connectivity index (χ0) is 17.7. The van der Waals surface area contributed by atoms with Crippen LogP contribution in [0.4, 0.5) is 18.9 Å². The Hall–Kier alpha value is -1.27. The summed E-state index contributed by atoms with van der Waals surface area (Å²) >= 11 is 0. The fourth-order valence-corrected chi connectivity index (χ4v) is 3.89. The summed E-state index contributed by atoms with van der Waals surface area (Å²) in [6, 6.07) is 6.03. The number of anilines is 1. The highest BCUT2D eigenvalue weighted by molar-refractivity contribution is 5.45. The van der Waals surface area contributed by atoms with E-state index in [2.05, 4.69) is 15.1 Å². The lowest BCUT2D eigenvalue weighted by Gasteiger charge is -2.44. The standard InChI is InChI=1S/C19H28F3N3/c20-19(21,22)16-6-8-17(9-7-16)23-10-2-4-11-24-13-14-25-12-3-1-5-18(25)15-24/h6-9,18,23H,1-5,10-15H2. The van der Waals surface area contributed by atoms with Crippen LogP contribution in [0.1, 0.15) is 37.7 Å². The highest BCUT2D eigenvalue weighted by Gasteiger charge is 2.30. The Balaban J connectivity index is 1.31. The van der Waals surface area contributed by atoms with Crippen molar-refractivity contribution in [2.45, 2.75) is 44.3 Å². The van der Waals surface area contributed by atoms with E-state index in [1.165, 1.54) is 57.6 Å². The molecule has 1 unspecified atom stereocenters. The average molecular weight is 355 g/mol. The van der Waals surface area contributed by atoms with Crippen LogP contribution in [-0.4, -0.2) is 55.1 Å². The van der Waals surface area contributed by atoms with Gasteiger partial charge in [-0.05, 0) is 63.0 Å². The molecular weight excluding hydrogens is 327 g/mol. The molecule has 0 aromatic heterocycles. The molecule has 2 aliphatic rings. The number of hydrogen-bond donors (Lipinski definition) is 1. The van der Waals surface area contributed by atoms with Crippen LogP contribution < -0.4 is 5.32 Å². The summed E-state index contributed by atoms with van der Waals surface area (Å²) in [5.41, 5.74) is 0.156. The topological polar surface area (TPSA) is 18.5 Å². The van der Waals surface area contributed by atoms with Crippen molar-refractivity contribution in [3.05, 3.63) is 29.8 Å². The number of piperazine rings is 1. The van der Waals surface area contributed by atoms with Gasteiger partial charge in [-0.15, -0.1) is 0 Å². The molecule has 1 N–H and O–H groups in total. The number of nitrogens with zero attached hydrogens (tertiary/aromatic N) is 2. The van der Waals surface area contributed by atoms with E-state index in [0.29, 0.717) is 0 Å². The molecule has 2 saturated heterocycles. The van der Waals surface area contributed by atoms with Crippen LogP contribution in [0, 0.1) is 0 Å². The molecule has 3 nitrogen and oxygen atoms in total. The van der Waals surface area contributed by atoms with Gasteiger partial charge in [0, 0.05) is 37.9 Å². The van der Waals surface area contributed by atoms with Gasteiger partial charge in [-0.3, -0.25) is 4.90 Å². The Bertz CT molecular complexity index is 530. The molecule has 6 heteroatoms. The number of fused-ring (bicyclic) bond motifs is 1. The lowest BCUT2D eigenvalue weighted by molar-refractivity contribution is -0.137. The number of piperidine rings is 1. The fourth-order valence-electron chi connectivity index (χ4n) is 3.89. The van der Waals surface area contributed by atoms with Gasteiger partial charge in [-0.25, -0.2) is 0 Å². The third kappa shape index (κ3) is 5.35. The van der Waals surface area contributed by atoms with Gasteiger partial charge < -0.3 is 10.2 Å². The van der Waals surface area contributed by atoms with Gasteiger partial charge in [-0.1, -0.05) is 6.42 Å². The summed E-state index contributed by atoms with van der Waals surface area (Å²) < 4.78 is 37.6. The molecule has 140 valence electrons. The fraction of sp³-hybridized carbons (Fsp3) is 0.684. The van der Waals surface area contributed by atoms with Crippen LogP contribution in [0.3, 0.4) is 0 Å². The van der Waals surface area contributed by atoms with Crippen molar-refractivity contribution in [1.29, 1.82) is 0 Å². The second-order valence-electron chi connectivity index (χ2n) is 7.20. The van der Waals surface area contributed by atoms with Crippen molar-refractivity contribution in [3.63, 3.8) is 0 Å². The summed E-state index contributed by atoms with van der Waals surface area (Å²) in [4.78, 5) is 5.22. The van der Waals surface area contributed by atoms with Crippen LogP contribution in [0.5, 0.6) is 0 Å². The number of halogens is 3. The molecule has 0 aliphatic carbocycles. The number of unbranched alkanes of at least 4 members (excludes halogenated alkanes) is 1. The van der Waals surface area contributed by atoms with E-state index in [1.807, 2.05) is 0 Å². The van der Waals surface area contributed by atoms with E-state index in [0.717, 1.165) is 49.8 Å². The van der Waals surface area contributed by atoms with Gasteiger partial charge in [0.05, 0.1) is 5.56 Å². The second-order valence-corrected chi connectivity index (χ2v) is 7.20. The minimum absolute atomic E-state index is 0.597. The summed E-state index contributed by atoms with van der Waals surface area (Å²) in [5, 5.41) is 3.21. The molecule has 0 radical (unpaired) electrons. The molecule has 1 aromatic carbocycles. The lowest BCUT2D eigenvalue weighted by Crippen LogP contribution is -2.54. The third-order valence-corrected chi connectivity index (χ3v) is 5.36. The predicted molar refractivity (Wildman–Crippen MR) is 94.8 cm³/mol. The van der Waals surface area contributed by atoms with Crippen molar-refractivity contribution >= 4 is 5.69 Å².